The van der Waals surface area contributed by atoms with Crippen LogP contribution in [0.5, 0.6) is 0 Å². The normalized spacial score (nSPS) is 20.8. The van der Waals surface area contributed by atoms with Crippen molar-refractivity contribution in [2.75, 3.05) is 45.9 Å². The number of hydrogen-bond acceptors (Lipinski definition) is 4. The highest BCUT2D eigenvalue weighted by Crippen LogP contribution is 2.17. The van der Waals surface area contributed by atoms with E-state index in [-0.39, 0.29) is 12.0 Å². The third kappa shape index (κ3) is 5.82. The average Bonchev–Trinajstić information content (AvgIpc) is 2.19. The molecule has 4 nitrogen and oxygen atoms in total. The van der Waals surface area contributed by atoms with Gasteiger partial charge in [-0.25, -0.2) is 0 Å². The predicted molar refractivity (Wildman–Crippen MR) is 70.0 cm³/mol. The van der Waals surface area contributed by atoms with Gasteiger partial charge in [0.2, 0.25) is 0 Å². The topological polar surface area (TPSA) is 46.9 Å². The molecule has 0 aromatic rings. The van der Waals surface area contributed by atoms with E-state index in [1.165, 1.54) is 0 Å². The Morgan fingerprint density at radius 1 is 0.882 bits per heavy atom. The Labute approximate surface area is 105 Å². The maximum atomic E-state index is 9.77. The molecule has 1 aliphatic rings. The van der Waals surface area contributed by atoms with Gasteiger partial charge in [-0.2, -0.15) is 0 Å². The van der Waals surface area contributed by atoms with Crippen molar-refractivity contribution in [3.63, 3.8) is 0 Å². The molecule has 102 valence electrons. The SMILES string of the molecule is CC(C)(O)CN1CCN(CC(C)(C)CO)CC1. The van der Waals surface area contributed by atoms with E-state index in [9.17, 15) is 10.2 Å². The fourth-order valence-electron chi connectivity index (χ4n) is 2.31. The standard InChI is InChI=1S/C13H28N2O2/c1-12(2,11-16)9-14-5-7-15(8-6-14)10-13(3,4)17/h16-17H,5-11H2,1-4H3. The highest BCUT2D eigenvalue weighted by Gasteiger charge is 2.26. The average molecular weight is 244 g/mol. The van der Waals surface area contributed by atoms with Crippen LogP contribution in [0.25, 0.3) is 0 Å². The molecule has 17 heavy (non-hydrogen) atoms. The Bertz CT molecular complexity index is 228. The quantitative estimate of drug-likeness (QED) is 0.735. The van der Waals surface area contributed by atoms with Crippen LogP contribution in [0.15, 0.2) is 0 Å². The minimum atomic E-state index is -0.605. The van der Waals surface area contributed by atoms with Gasteiger partial charge < -0.3 is 15.1 Å². The largest absolute Gasteiger partial charge is 0.396 e. The molecule has 1 rings (SSSR count). The second-order valence-corrected chi connectivity index (χ2v) is 6.69. The number of nitrogens with zero attached hydrogens (tertiary/aromatic N) is 2. The lowest BCUT2D eigenvalue weighted by Gasteiger charge is -2.40. The molecule has 0 spiro atoms. The molecule has 0 amide bonds. The van der Waals surface area contributed by atoms with Gasteiger partial charge in [0.05, 0.1) is 5.60 Å². The van der Waals surface area contributed by atoms with E-state index in [0.29, 0.717) is 0 Å². The molecule has 0 aromatic heterocycles. The van der Waals surface area contributed by atoms with E-state index in [1.807, 2.05) is 13.8 Å². The Kier molecular flexibility index (Phi) is 4.95. The molecule has 4 heteroatoms. The van der Waals surface area contributed by atoms with Crippen LogP contribution in [-0.2, 0) is 0 Å². The van der Waals surface area contributed by atoms with Crippen LogP contribution in [0.3, 0.4) is 0 Å². The van der Waals surface area contributed by atoms with Crippen molar-refractivity contribution < 1.29 is 10.2 Å². The highest BCUT2D eigenvalue weighted by molar-refractivity contribution is 4.80. The van der Waals surface area contributed by atoms with E-state index in [2.05, 4.69) is 23.6 Å². The van der Waals surface area contributed by atoms with E-state index in [4.69, 9.17) is 0 Å². The maximum absolute atomic E-state index is 9.77. The van der Waals surface area contributed by atoms with Crippen LogP contribution in [0, 0.1) is 5.41 Å². The first-order valence-electron chi connectivity index (χ1n) is 6.50. The minimum absolute atomic E-state index is 0.0155. The van der Waals surface area contributed by atoms with Crippen LogP contribution in [0.2, 0.25) is 0 Å². The number of piperazine rings is 1. The molecule has 0 atom stereocenters. The van der Waals surface area contributed by atoms with Crippen LogP contribution in [0.4, 0.5) is 0 Å². The van der Waals surface area contributed by atoms with Crippen molar-refractivity contribution in [2.45, 2.75) is 33.3 Å². The van der Waals surface area contributed by atoms with Crippen molar-refractivity contribution in [2.24, 2.45) is 5.41 Å². The smallest absolute Gasteiger partial charge is 0.0718 e. The van der Waals surface area contributed by atoms with E-state index in [0.717, 1.165) is 39.3 Å². The Morgan fingerprint density at radius 3 is 1.65 bits per heavy atom. The summed E-state index contributed by atoms with van der Waals surface area (Å²) in [7, 11) is 0. The van der Waals surface area contributed by atoms with Crippen molar-refractivity contribution in [1.29, 1.82) is 0 Å². The fourth-order valence-corrected chi connectivity index (χ4v) is 2.31. The Hall–Kier alpha value is -0.160. The molecule has 0 aromatic carbocycles. The van der Waals surface area contributed by atoms with Crippen LogP contribution in [-0.4, -0.2) is 71.5 Å². The molecule has 0 saturated carbocycles. The van der Waals surface area contributed by atoms with Crippen molar-refractivity contribution in [1.82, 2.24) is 9.80 Å². The van der Waals surface area contributed by atoms with Gasteiger partial charge in [0.25, 0.3) is 0 Å². The molecule has 2 N–H and O–H groups in total. The second kappa shape index (κ2) is 5.65. The summed E-state index contributed by atoms with van der Waals surface area (Å²) >= 11 is 0. The lowest BCUT2D eigenvalue weighted by Crippen LogP contribution is -2.52. The zero-order chi connectivity index (χ0) is 13.1. The van der Waals surface area contributed by atoms with Crippen molar-refractivity contribution in [3.05, 3.63) is 0 Å². The summed E-state index contributed by atoms with van der Waals surface area (Å²) in [6.07, 6.45) is 0. The summed E-state index contributed by atoms with van der Waals surface area (Å²) < 4.78 is 0. The molecular formula is C13H28N2O2. The predicted octanol–water partition coefficient (Wildman–Crippen LogP) is 0.393. The number of rotatable bonds is 5. The van der Waals surface area contributed by atoms with Gasteiger partial charge in [-0.05, 0) is 13.8 Å². The van der Waals surface area contributed by atoms with Crippen molar-refractivity contribution in [3.8, 4) is 0 Å². The second-order valence-electron chi connectivity index (χ2n) is 6.69. The van der Waals surface area contributed by atoms with E-state index < -0.39 is 5.60 Å². The molecule has 0 radical (unpaired) electrons. The Morgan fingerprint density at radius 2 is 1.29 bits per heavy atom. The summed E-state index contributed by atoms with van der Waals surface area (Å²) in [5.74, 6) is 0. The summed E-state index contributed by atoms with van der Waals surface area (Å²) in [6, 6.07) is 0. The first-order chi connectivity index (χ1) is 7.72. The summed E-state index contributed by atoms with van der Waals surface area (Å²) in [6.45, 7) is 13.9. The van der Waals surface area contributed by atoms with Gasteiger partial charge in [0.1, 0.15) is 0 Å². The summed E-state index contributed by atoms with van der Waals surface area (Å²) in [5, 5.41) is 19.0. The van der Waals surface area contributed by atoms with Gasteiger partial charge >= 0.3 is 0 Å². The van der Waals surface area contributed by atoms with Crippen molar-refractivity contribution >= 4 is 0 Å². The van der Waals surface area contributed by atoms with Gasteiger partial charge in [-0.15, -0.1) is 0 Å². The summed E-state index contributed by atoms with van der Waals surface area (Å²) in [4.78, 5) is 4.71. The van der Waals surface area contributed by atoms with E-state index in [1.54, 1.807) is 0 Å². The number of hydrogen-bond donors (Lipinski definition) is 2. The first kappa shape index (κ1) is 14.9. The van der Waals surface area contributed by atoms with Gasteiger partial charge in [-0.1, -0.05) is 13.8 Å². The van der Waals surface area contributed by atoms with Crippen LogP contribution < -0.4 is 0 Å². The monoisotopic (exact) mass is 244 g/mol. The zero-order valence-electron chi connectivity index (χ0n) is 11.7. The van der Waals surface area contributed by atoms with Gasteiger partial charge in [0.15, 0.2) is 0 Å². The van der Waals surface area contributed by atoms with Crippen LogP contribution >= 0.6 is 0 Å². The molecular weight excluding hydrogens is 216 g/mol. The molecule has 0 aliphatic carbocycles. The molecule has 0 unspecified atom stereocenters. The molecule has 1 fully saturated rings. The number of aliphatic hydroxyl groups is 2. The molecule has 1 aliphatic heterocycles. The Balaban J connectivity index is 2.31. The van der Waals surface area contributed by atoms with E-state index >= 15 is 0 Å². The zero-order valence-corrected chi connectivity index (χ0v) is 11.7. The van der Waals surface area contributed by atoms with Gasteiger partial charge in [0, 0.05) is 51.3 Å². The third-order valence-corrected chi connectivity index (χ3v) is 3.16. The third-order valence-electron chi connectivity index (χ3n) is 3.16. The van der Waals surface area contributed by atoms with Gasteiger partial charge in [-0.3, -0.25) is 4.90 Å². The lowest BCUT2D eigenvalue weighted by molar-refractivity contribution is 0.00865. The van der Waals surface area contributed by atoms with Crippen LogP contribution in [0.1, 0.15) is 27.7 Å². The first-order valence-corrected chi connectivity index (χ1v) is 6.50. The molecule has 1 heterocycles. The fraction of sp³-hybridized carbons (Fsp3) is 1.00. The summed E-state index contributed by atoms with van der Waals surface area (Å²) in [5.41, 5.74) is -0.620. The maximum Gasteiger partial charge on any atom is 0.0718 e. The highest BCUT2D eigenvalue weighted by atomic mass is 16.3. The molecule has 1 saturated heterocycles. The number of β-amino-alcohol motifs (C(OH)–C–C–N with tert-alkyl or cyclic N) is 1. The lowest BCUT2D eigenvalue weighted by atomic mass is 9.94. The number of aliphatic hydroxyl groups excluding tert-OH is 1. The molecule has 0 bridgehead atoms. The minimum Gasteiger partial charge on any atom is -0.396 e.